The van der Waals surface area contributed by atoms with E-state index < -0.39 is 76.7 Å². The van der Waals surface area contributed by atoms with Crippen molar-refractivity contribution in [1.29, 1.82) is 0 Å². The number of fused-ring (bicyclic) bond motifs is 1. The molecule has 2 aromatic rings. The second-order valence-electron chi connectivity index (χ2n) is 5.66. The van der Waals surface area contributed by atoms with Crippen LogP contribution in [0.15, 0.2) is 10.9 Å². The van der Waals surface area contributed by atoms with Crippen molar-refractivity contribution in [2.45, 2.75) is 30.6 Å². The van der Waals surface area contributed by atoms with E-state index in [2.05, 4.69) is 4.98 Å². The molecule has 142 valence electrons. The van der Waals surface area contributed by atoms with Crippen molar-refractivity contribution in [3.05, 3.63) is 39.3 Å². The molecule has 0 bridgehead atoms. The maximum atomic E-state index is 14.1. The van der Waals surface area contributed by atoms with Gasteiger partial charge in [-0.25, -0.2) is 13.8 Å². The Morgan fingerprint density at radius 2 is 1.85 bits per heavy atom. The van der Waals surface area contributed by atoms with E-state index in [4.69, 9.17) is 9.84 Å². The van der Waals surface area contributed by atoms with Gasteiger partial charge in [0.25, 0.3) is 5.56 Å². The summed E-state index contributed by atoms with van der Waals surface area (Å²) in [6.45, 7) is -0.695. The molecule has 0 spiro atoms. The number of rotatable bonds is 2. The molecule has 1 saturated heterocycles. The van der Waals surface area contributed by atoms with Gasteiger partial charge in [0.2, 0.25) is 0 Å². The van der Waals surface area contributed by atoms with Crippen LogP contribution in [0.5, 0.6) is 0 Å². The fourth-order valence-electron chi connectivity index (χ4n) is 2.73. The van der Waals surface area contributed by atoms with Crippen LogP contribution in [0.25, 0.3) is 11.0 Å². The maximum Gasteiger partial charge on any atom is 0.436 e. The van der Waals surface area contributed by atoms with Crippen molar-refractivity contribution >= 4 is 11.0 Å². The van der Waals surface area contributed by atoms with Gasteiger partial charge in [-0.1, -0.05) is 0 Å². The number of H-pyrrole nitrogens is 1. The van der Waals surface area contributed by atoms with Gasteiger partial charge in [-0.3, -0.25) is 4.79 Å². The highest BCUT2D eigenvalue weighted by Gasteiger charge is 2.44. The smallest absolute Gasteiger partial charge is 0.394 e. The lowest BCUT2D eigenvalue weighted by Crippen LogP contribution is -2.33. The summed E-state index contributed by atoms with van der Waals surface area (Å²) < 4.78 is 71.0. The summed E-state index contributed by atoms with van der Waals surface area (Å²) in [7, 11) is 0. The van der Waals surface area contributed by atoms with Gasteiger partial charge in [-0.05, 0) is 6.07 Å². The van der Waals surface area contributed by atoms with Crippen molar-refractivity contribution in [2.24, 2.45) is 0 Å². The number of hydrogen-bond donors (Lipinski definition) is 4. The highest BCUT2D eigenvalue weighted by molar-refractivity contribution is 5.76. The van der Waals surface area contributed by atoms with Crippen LogP contribution in [0.4, 0.5) is 22.0 Å². The molecule has 0 aliphatic carbocycles. The van der Waals surface area contributed by atoms with E-state index in [9.17, 15) is 37.0 Å². The molecule has 2 unspecified atom stereocenters. The average molecular weight is 382 g/mol. The number of hydrogen-bond acceptors (Lipinski definition) is 6. The number of aromatic amines is 1. The Labute approximate surface area is 140 Å². The van der Waals surface area contributed by atoms with E-state index in [-0.39, 0.29) is 0 Å². The van der Waals surface area contributed by atoms with Crippen molar-refractivity contribution in [3.63, 3.8) is 0 Å². The second kappa shape index (κ2) is 6.23. The van der Waals surface area contributed by atoms with Gasteiger partial charge in [0.05, 0.1) is 12.0 Å². The van der Waals surface area contributed by atoms with E-state index in [1.807, 2.05) is 4.98 Å². The first-order valence-electron chi connectivity index (χ1n) is 7.17. The number of nitrogens with one attached hydrogen (secondary N) is 1. The SMILES string of the molecule is O=c1[nH]c2nc(C(F)(F)F)c(F)c(F)c2cc1[C@@H]1O[C@H](CO)C(O)C1O. The third-order valence-corrected chi connectivity index (χ3v) is 4.03. The molecule has 7 nitrogen and oxygen atoms in total. The molecule has 2 aromatic heterocycles. The van der Waals surface area contributed by atoms with Crippen LogP contribution in [0.2, 0.25) is 0 Å². The molecule has 3 rings (SSSR count). The number of aliphatic hydroxyl groups excluding tert-OH is 3. The molecule has 1 fully saturated rings. The zero-order chi connectivity index (χ0) is 19.4. The first-order valence-corrected chi connectivity index (χ1v) is 7.17. The van der Waals surface area contributed by atoms with E-state index in [1.165, 1.54) is 0 Å². The number of aliphatic hydroxyl groups is 3. The highest BCUT2D eigenvalue weighted by Crippen LogP contribution is 2.35. The summed E-state index contributed by atoms with van der Waals surface area (Å²) in [5.41, 5.74) is -4.53. The lowest BCUT2D eigenvalue weighted by Gasteiger charge is -2.15. The molecule has 26 heavy (non-hydrogen) atoms. The minimum Gasteiger partial charge on any atom is -0.394 e. The van der Waals surface area contributed by atoms with Crippen LogP contribution in [0.1, 0.15) is 17.4 Å². The largest absolute Gasteiger partial charge is 0.436 e. The molecule has 0 aromatic carbocycles. The number of pyridine rings is 2. The van der Waals surface area contributed by atoms with Crippen molar-refractivity contribution in [1.82, 2.24) is 9.97 Å². The van der Waals surface area contributed by atoms with Crippen LogP contribution < -0.4 is 5.56 Å². The summed E-state index contributed by atoms with van der Waals surface area (Å²) in [4.78, 5) is 16.9. The molecular weight excluding hydrogens is 371 g/mol. The van der Waals surface area contributed by atoms with Crippen LogP contribution in [0, 0.1) is 11.6 Å². The molecule has 1 aliphatic heterocycles. The third-order valence-electron chi connectivity index (χ3n) is 4.03. The zero-order valence-corrected chi connectivity index (χ0v) is 12.6. The predicted molar refractivity (Wildman–Crippen MR) is 74.0 cm³/mol. The molecular formula is C14H11F5N2O5. The fraction of sp³-hybridized carbons (Fsp3) is 0.429. The number of aromatic nitrogens is 2. The number of halogens is 5. The van der Waals surface area contributed by atoms with E-state index >= 15 is 0 Å². The van der Waals surface area contributed by atoms with Crippen molar-refractivity contribution in [3.8, 4) is 0 Å². The third kappa shape index (κ3) is 2.84. The Balaban J connectivity index is 2.18. The number of ether oxygens (including phenoxy) is 1. The zero-order valence-electron chi connectivity index (χ0n) is 12.6. The first-order chi connectivity index (χ1) is 12.1. The summed E-state index contributed by atoms with van der Waals surface area (Å²) in [6, 6.07) is 0.681. The van der Waals surface area contributed by atoms with E-state index in [0.29, 0.717) is 6.07 Å². The average Bonchev–Trinajstić information content (AvgIpc) is 2.84. The quantitative estimate of drug-likeness (QED) is 0.558. The maximum absolute atomic E-state index is 14.1. The number of alkyl halides is 3. The minimum atomic E-state index is -5.28. The van der Waals surface area contributed by atoms with Gasteiger partial charge in [-0.15, -0.1) is 0 Å². The monoisotopic (exact) mass is 382 g/mol. The van der Waals surface area contributed by atoms with E-state index in [1.54, 1.807) is 0 Å². The summed E-state index contributed by atoms with van der Waals surface area (Å²) in [5, 5.41) is 27.9. The molecule has 3 heterocycles. The molecule has 1 aliphatic rings. The normalized spacial score (nSPS) is 26.6. The Hall–Kier alpha value is -2.15. The Morgan fingerprint density at radius 3 is 2.38 bits per heavy atom. The summed E-state index contributed by atoms with van der Waals surface area (Å²) in [5.74, 6) is -4.14. The fourth-order valence-corrected chi connectivity index (χ4v) is 2.73. The van der Waals surface area contributed by atoms with Crippen LogP contribution in [-0.2, 0) is 10.9 Å². The lowest BCUT2D eigenvalue weighted by atomic mass is 10.0. The topological polar surface area (TPSA) is 116 Å². The van der Waals surface area contributed by atoms with Gasteiger partial charge >= 0.3 is 6.18 Å². The van der Waals surface area contributed by atoms with Gasteiger partial charge in [0.1, 0.15) is 30.1 Å². The van der Waals surface area contributed by atoms with Gasteiger partial charge in [0.15, 0.2) is 17.3 Å². The molecule has 4 atom stereocenters. The van der Waals surface area contributed by atoms with E-state index in [0.717, 1.165) is 0 Å². The van der Waals surface area contributed by atoms with Gasteiger partial charge in [-0.2, -0.15) is 13.2 Å². The first kappa shape index (κ1) is 18.6. The molecule has 0 amide bonds. The number of nitrogens with zero attached hydrogens (tertiary/aromatic N) is 1. The minimum absolute atomic E-state index is 0.472. The highest BCUT2D eigenvalue weighted by atomic mass is 19.4. The Bertz CT molecular complexity index is 915. The molecule has 4 N–H and O–H groups in total. The second-order valence-corrected chi connectivity index (χ2v) is 5.66. The Kier molecular flexibility index (Phi) is 4.46. The van der Waals surface area contributed by atoms with Gasteiger partial charge in [0, 0.05) is 5.56 Å². The predicted octanol–water partition coefficient (Wildman–Crippen LogP) is 0.374. The van der Waals surface area contributed by atoms with Crippen molar-refractivity contribution in [2.75, 3.05) is 6.61 Å². The summed E-state index contributed by atoms with van der Waals surface area (Å²) in [6.07, 6.45) is -11.3. The van der Waals surface area contributed by atoms with Crippen molar-refractivity contribution < 1.29 is 42.0 Å². The molecule has 12 heteroatoms. The summed E-state index contributed by atoms with van der Waals surface area (Å²) >= 11 is 0. The van der Waals surface area contributed by atoms with Crippen LogP contribution in [-0.4, -0.2) is 50.2 Å². The Morgan fingerprint density at radius 1 is 1.19 bits per heavy atom. The van der Waals surface area contributed by atoms with Crippen LogP contribution >= 0.6 is 0 Å². The standard InChI is InChI=1S/C14H11F5N2O5/c15-6-3-1-4(10-9(24)8(23)5(2-22)26-10)13(25)21-12(3)20-11(7(6)16)14(17,18)19/h1,5,8-10,22-24H,2H2,(H,20,21,25)/t5-,8?,9?,10+/m1/s1. The van der Waals surface area contributed by atoms with Gasteiger partial charge < -0.3 is 25.0 Å². The molecule has 0 saturated carbocycles. The molecule has 0 radical (unpaired) electrons. The van der Waals surface area contributed by atoms with Crippen LogP contribution in [0.3, 0.4) is 0 Å². The lowest BCUT2D eigenvalue weighted by molar-refractivity contribution is -0.143.